The highest BCUT2D eigenvalue weighted by Gasteiger charge is 2.08. The lowest BCUT2D eigenvalue weighted by Gasteiger charge is -2.02. The number of guanidine groups is 1. The van der Waals surface area contributed by atoms with Gasteiger partial charge in [-0.25, -0.2) is 4.99 Å². The van der Waals surface area contributed by atoms with Gasteiger partial charge in [0, 0.05) is 13.1 Å². The zero-order valence-corrected chi connectivity index (χ0v) is 11.0. The van der Waals surface area contributed by atoms with Gasteiger partial charge in [0.2, 0.25) is 0 Å². The van der Waals surface area contributed by atoms with E-state index in [-0.39, 0.29) is 17.0 Å². The topological polar surface area (TPSA) is 36.4 Å². The average molecular weight is 311 g/mol. The molecule has 2 rings (SSSR count). The molecule has 0 aromatic heterocycles. The largest absolute Gasteiger partial charge is 0.354 e. The lowest BCUT2D eigenvalue weighted by Crippen LogP contribution is -2.23. The van der Waals surface area contributed by atoms with Gasteiger partial charge in [0.05, 0.1) is 10.0 Å². The van der Waals surface area contributed by atoms with Crippen LogP contribution in [0, 0.1) is 0 Å². The van der Waals surface area contributed by atoms with Crippen LogP contribution in [0.2, 0.25) is 10.0 Å². The SMILES string of the molecule is Br.Clc1cccc(Cl)c1N=C1NCCN1. The maximum absolute atomic E-state index is 5.96. The third-order valence-corrected chi connectivity index (χ3v) is 2.48. The van der Waals surface area contributed by atoms with Gasteiger partial charge in [0.15, 0.2) is 5.96 Å². The third-order valence-electron chi connectivity index (χ3n) is 1.87. The second-order valence-electron chi connectivity index (χ2n) is 2.88. The van der Waals surface area contributed by atoms with Gasteiger partial charge in [-0.15, -0.1) is 17.0 Å². The molecule has 6 heteroatoms. The lowest BCUT2D eigenvalue weighted by atomic mass is 10.3. The van der Waals surface area contributed by atoms with Crippen LogP contribution in [0.15, 0.2) is 23.2 Å². The second-order valence-corrected chi connectivity index (χ2v) is 3.70. The van der Waals surface area contributed by atoms with Crippen LogP contribution in [0.4, 0.5) is 5.69 Å². The smallest absolute Gasteiger partial charge is 0.196 e. The predicted molar refractivity (Wildman–Crippen MR) is 69.9 cm³/mol. The maximum Gasteiger partial charge on any atom is 0.196 e. The van der Waals surface area contributed by atoms with Gasteiger partial charge in [0.25, 0.3) is 0 Å². The molecule has 1 saturated heterocycles. The first-order valence-corrected chi connectivity index (χ1v) is 5.03. The van der Waals surface area contributed by atoms with Crippen molar-refractivity contribution in [1.29, 1.82) is 0 Å². The molecule has 2 N–H and O–H groups in total. The fraction of sp³-hybridized carbons (Fsp3) is 0.222. The van der Waals surface area contributed by atoms with Crippen molar-refractivity contribution >= 4 is 51.8 Å². The summed E-state index contributed by atoms with van der Waals surface area (Å²) in [6.45, 7) is 1.75. The van der Waals surface area contributed by atoms with Crippen molar-refractivity contribution in [2.75, 3.05) is 13.1 Å². The summed E-state index contributed by atoms with van der Waals surface area (Å²) in [4.78, 5) is 4.29. The van der Waals surface area contributed by atoms with E-state index in [4.69, 9.17) is 23.2 Å². The molecule has 1 aliphatic heterocycles. The molecular weight excluding hydrogens is 301 g/mol. The molecule has 3 nitrogen and oxygen atoms in total. The van der Waals surface area contributed by atoms with Crippen LogP contribution in [0.1, 0.15) is 0 Å². The molecule has 0 radical (unpaired) electrons. The van der Waals surface area contributed by atoms with Crippen LogP contribution in [-0.4, -0.2) is 19.0 Å². The van der Waals surface area contributed by atoms with Gasteiger partial charge in [0.1, 0.15) is 5.69 Å². The Labute approximate surface area is 109 Å². The fourth-order valence-corrected chi connectivity index (χ4v) is 1.69. The summed E-state index contributed by atoms with van der Waals surface area (Å²) in [5.74, 6) is 0.722. The highest BCUT2D eigenvalue weighted by atomic mass is 79.9. The Morgan fingerprint density at radius 1 is 1.07 bits per heavy atom. The van der Waals surface area contributed by atoms with Gasteiger partial charge < -0.3 is 10.6 Å². The standard InChI is InChI=1S/C9H9Cl2N3.BrH/c10-6-2-1-3-7(11)8(6)14-9-12-4-5-13-9;/h1-3H,4-5H2,(H2,12,13,14);1H. The Morgan fingerprint density at radius 2 is 1.60 bits per heavy atom. The lowest BCUT2D eigenvalue weighted by molar-refractivity contribution is 0.942. The highest BCUT2D eigenvalue weighted by molar-refractivity contribution is 8.93. The van der Waals surface area contributed by atoms with Gasteiger partial charge in [-0.05, 0) is 12.1 Å². The summed E-state index contributed by atoms with van der Waals surface area (Å²) in [6, 6.07) is 5.33. The molecule has 82 valence electrons. The molecular formula is C9H10BrCl2N3. The van der Waals surface area contributed by atoms with E-state index in [1.54, 1.807) is 18.2 Å². The molecule has 0 bridgehead atoms. The van der Waals surface area contributed by atoms with E-state index in [1.807, 2.05) is 0 Å². The molecule has 0 spiro atoms. The Morgan fingerprint density at radius 3 is 2.13 bits per heavy atom. The van der Waals surface area contributed by atoms with Gasteiger partial charge in [-0.3, -0.25) is 0 Å². The van der Waals surface area contributed by atoms with Crippen molar-refractivity contribution < 1.29 is 0 Å². The van der Waals surface area contributed by atoms with Gasteiger partial charge >= 0.3 is 0 Å². The Bertz CT molecular complexity index is 353. The van der Waals surface area contributed by atoms with E-state index in [9.17, 15) is 0 Å². The molecule has 15 heavy (non-hydrogen) atoms. The van der Waals surface area contributed by atoms with Crippen LogP contribution < -0.4 is 10.6 Å². The van der Waals surface area contributed by atoms with Crippen molar-refractivity contribution in [3.8, 4) is 0 Å². The molecule has 1 aliphatic rings. The maximum atomic E-state index is 5.96. The minimum absolute atomic E-state index is 0. The summed E-state index contributed by atoms with van der Waals surface area (Å²) < 4.78 is 0. The van der Waals surface area contributed by atoms with Crippen LogP contribution in [-0.2, 0) is 0 Å². The number of hydrogen-bond donors (Lipinski definition) is 2. The van der Waals surface area contributed by atoms with E-state index in [1.165, 1.54) is 0 Å². The first-order chi connectivity index (χ1) is 6.77. The van der Waals surface area contributed by atoms with E-state index < -0.39 is 0 Å². The number of aliphatic imine (C=N–C) groups is 1. The Hall–Kier alpha value is -0.450. The first-order valence-electron chi connectivity index (χ1n) is 4.28. The number of nitrogens with zero attached hydrogens (tertiary/aromatic N) is 1. The average Bonchev–Trinajstić information content (AvgIpc) is 2.64. The summed E-state index contributed by atoms with van der Waals surface area (Å²) in [5, 5.41) is 7.27. The highest BCUT2D eigenvalue weighted by Crippen LogP contribution is 2.32. The van der Waals surface area contributed by atoms with Gasteiger partial charge in [-0.1, -0.05) is 29.3 Å². The quantitative estimate of drug-likeness (QED) is 0.837. The summed E-state index contributed by atoms with van der Waals surface area (Å²) >= 11 is 11.9. The zero-order valence-electron chi connectivity index (χ0n) is 7.76. The molecule has 0 aliphatic carbocycles. The molecule has 1 aromatic carbocycles. The fourth-order valence-electron chi connectivity index (χ4n) is 1.21. The first kappa shape index (κ1) is 12.6. The van der Waals surface area contributed by atoms with E-state index >= 15 is 0 Å². The van der Waals surface area contributed by atoms with Gasteiger partial charge in [-0.2, -0.15) is 0 Å². The number of halogens is 3. The zero-order chi connectivity index (χ0) is 9.97. The molecule has 0 amide bonds. The van der Waals surface area contributed by atoms with Crippen LogP contribution >= 0.6 is 40.2 Å². The molecule has 1 heterocycles. The van der Waals surface area contributed by atoms with Crippen LogP contribution in [0.25, 0.3) is 0 Å². The number of nitrogens with one attached hydrogen (secondary N) is 2. The minimum Gasteiger partial charge on any atom is -0.354 e. The Balaban J connectivity index is 0.00000112. The molecule has 0 unspecified atom stereocenters. The number of benzene rings is 1. The minimum atomic E-state index is 0. The molecule has 1 aromatic rings. The second kappa shape index (κ2) is 5.58. The molecule has 1 fully saturated rings. The molecule has 0 saturated carbocycles. The molecule has 0 atom stereocenters. The van der Waals surface area contributed by atoms with Crippen molar-refractivity contribution in [1.82, 2.24) is 10.6 Å². The summed E-state index contributed by atoms with van der Waals surface area (Å²) in [7, 11) is 0. The predicted octanol–water partition coefficient (Wildman–Crippen LogP) is 2.75. The third kappa shape index (κ3) is 3.00. The summed E-state index contributed by atoms with van der Waals surface area (Å²) in [5.41, 5.74) is 0.604. The number of para-hydroxylation sites is 1. The van der Waals surface area contributed by atoms with Crippen molar-refractivity contribution in [3.63, 3.8) is 0 Å². The van der Waals surface area contributed by atoms with Crippen LogP contribution in [0.5, 0.6) is 0 Å². The monoisotopic (exact) mass is 309 g/mol. The normalized spacial score (nSPS) is 13.9. The van der Waals surface area contributed by atoms with E-state index in [0.717, 1.165) is 19.0 Å². The summed E-state index contributed by atoms with van der Waals surface area (Å²) in [6.07, 6.45) is 0. The van der Waals surface area contributed by atoms with E-state index in [2.05, 4.69) is 15.6 Å². The number of rotatable bonds is 1. The van der Waals surface area contributed by atoms with E-state index in [0.29, 0.717) is 15.7 Å². The van der Waals surface area contributed by atoms with Crippen molar-refractivity contribution in [2.24, 2.45) is 4.99 Å². The Kier molecular flexibility index (Phi) is 4.70. The van der Waals surface area contributed by atoms with Crippen molar-refractivity contribution in [2.45, 2.75) is 0 Å². The van der Waals surface area contributed by atoms with Crippen LogP contribution in [0.3, 0.4) is 0 Å². The van der Waals surface area contributed by atoms with Crippen molar-refractivity contribution in [3.05, 3.63) is 28.2 Å². The number of hydrogen-bond acceptors (Lipinski definition) is 1.